The average molecular weight is 260 g/mol. The molecule has 0 saturated carbocycles. The second-order valence-corrected chi connectivity index (χ2v) is 5.53. The van der Waals surface area contributed by atoms with E-state index in [9.17, 15) is 4.79 Å². The number of amides is 1. The van der Waals surface area contributed by atoms with Crippen LogP contribution in [0, 0.1) is 0 Å². The highest BCUT2D eigenvalue weighted by Gasteiger charge is 2.28. The Hall–Kier alpha value is -1.55. The molecule has 2 aliphatic rings. The van der Waals surface area contributed by atoms with Crippen LogP contribution in [0.25, 0.3) is 0 Å². The molecule has 1 amide bonds. The fraction of sp³-hybridized carbons (Fsp3) is 0.533. The van der Waals surface area contributed by atoms with E-state index >= 15 is 0 Å². The standard InChI is InChI=1S/C15H20N2O2/c16-13-6-3-7-17(10-13)15(18)19-14-8-11-4-1-2-5-12(11)9-14/h1-2,4-5,13-14H,3,6-10,16H2/t13-/m0/s1. The summed E-state index contributed by atoms with van der Waals surface area (Å²) in [4.78, 5) is 13.8. The number of hydrogen-bond acceptors (Lipinski definition) is 3. The maximum atomic E-state index is 12.1. The highest BCUT2D eigenvalue weighted by molar-refractivity contribution is 5.68. The van der Waals surface area contributed by atoms with E-state index < -0.39 is 0 Å². The monoisotopic (exact) mass is 260 g/mol. The predicted octanol–water partition coefficient (Wildman–Crippen LogP) is 1.71. The molecule has 1 saturated heterocycles. The molecule has 2 N–H and O–H groups in total. The molecule has 1 aromatic rings. The Kier molecular flexibility index (Phi) is 3.42. The molecular weight excluding hydrogens is 240 g/mol. The summed E-state index contributed by atoms with van der Waals surface area (Å²) in [5.41, 5.74) is 8.49. The zero-order valence-electron chi connectivity index (χ0n) is 11.0. The summed E-state index contributed by atoms with van der Waals surface area (Å²) < 4.78 is 5.61. The third-order valence-corrected chi connectivity index (χ3v) is 4.00. The first kappa shape index (κ1) is 12.5. The topological polar surface area (TPSA) is 55.6 Å². The van der Waals surface area contributed by atoms with Crippen molar-refractivity contribution < 1.29 is 9.53 Å². The smallest absolute Gasteiger partial charge is 0.410 e. The number of nitrogens with two attached hydrogens (primary N) is 1. The molecule has 102 valence electrons. The van der Waals surface area contributed by atoms with Gasteiger partial charge in [0.15, 0.2) is 0 Å². The molecule has 0 radical (unpaired) electrons. The van der Waals surface area contributed by atoms with Crippen molar-refractivity contribution in [2.45, 2.75) is 37.8 Å². The van der Waals surface area contributed by atoms with Crippen molar-refractivity contribution in [1.82, 2.24) is 4.90 Å². The molecule has 4 heteroatoms. The van der Waals surface area contributed by atoms with E-state index in [0.29, 0.717) is 6.54 Å². The van der Waals surface area contributed by atoms with Gasteiger partial charge in [-0.15, -0.1) is 0 Å². The molecule has 0 aromatic heterocycles. The molecule has 1 aromatic carbocycles. The number of piperidine rings is 1. The van der Waals surface area contributed by atoms with E-state index in [1.807, 2.05) is 12.1 Å². The van der Waals surface area contributed by atoms with Gasteiger partial charge in [-0.25, -0.2) is 4.79 Å². The van der Waals surface area contributed by atoms with Crippen LogP contribution in [0.2, 0.25) is 0 Å². The Morgan fingerprint density at radius 2 is 1.95 bits per heavy atom. The van der Waals surface area contributed by atoms with E-state index in [4.69, 9.17) is 10.5 Å². The Balaban J connectivity index is 1.57. The number of fused-ring (bicyclic) bond motifs is 1. The minimum Gasteiger partial charge on any atom is -0.445 e. The largest absolute Gasteiger partial charge is 0.445 e. The Labute approximate surface area is 113 Å². The summed E-state index contributed by atoms with van der Waals surface area (Å²) in [6, 6.07) is 8.39. The van der Waals surface area contributed by atoms with Crippen molar-refractivity contribution in [2.75, 3.05) is 13.1 Å². The first-order chi connectivity index (χ1) is 9.22. The number of likely N-dealkylation sites (tertiary alicyclic amines) is 1. The Morgan fingerprint density at radius 3 is 2.58 bits per heavy atom. The maximum Gasteiger partial charge on any atom is 0.410 e. The first-order valence-corrected chi connectivity index (χ1v) is 7.00. The number of hydrogen-bond donors (Lipinski definition) is 1. The number of carbonyl (C=O) groups excluding carboxylic acids is 1. The van der Waals surface area contributed by atoms with Crippen LogP contribution >= 0.6 is 0 Å². The van der Waals surface area contributed by atoms with Gasteiger partial charge in [0.25, 0.3) is 0 Å². The second kappa shape index (κ2) is 5.21. The molecule has 0 spiro atoms. The van der Waals surface area contributed by atoms with Crippen molar-refractivity contribution in [3.8, 4) is 0 Å². The number of rotatable bonds is 1. The van der Waals surface area contributed by atoms with Gasteiger partial charge in [-0.2, -0.15) is 0 Å². The molecule has 1 aliphatic carbocycles. The zero-order chi connectivity index (χ0) is 13.2. The molecule has 1 fully saturated rings. The quantitative estimate of drug-likeness (QED) is 0.836. The van der Waals surface area contributed by atoms with Gasteiger partial charge in [0.05, 0.1) is 0 Å². The van der Waals surface area contributed by atoms with Gasteiger partial charge in [0.1, 0.15) is 6.10 Å². The second-order valence-electron chi connectivity index (χ2n) is 5.53. The zero-order valence-corrected chi connectivity index (χ0v) is 11.0. The van der Waals surface area contributed by atoms with Crippen molar-refractivity contribution in [3.05, 3.63) is 35.4 Å². The lowest BCUT2D eigenvalue weighted by Gasteiger charge is -2.30. The summed E-state index contributed by atoms with van der Waals surface area (Å²) in [5.74, 6) is 0. The van der Waals surface area contributed by atoms with Crippen molar-refractivity contribution in [2.24, 2.45) is 5.73 Å². The Morgan fingerprint density at radius 1 is 1.26 bits per heavy atom. The minimum atomic E-state index is -0.201. The Bertz CT molecular complexity index is 450. The summed E-state index contributed by atoms with van der Waals surface area (Å²) in [6.07, 6.45) is 3.43. The van der Waals surface area contributed by atoms with Gasteiger partial charge in [0.2, 0.25) is 0 Å². The van der Waals surface area contributed by atoms with Crippen LogP contribution in [0.5, 0.6) is 0 Å². The third-order valence-electron chi connectivity index (χ3n) is 4.00. The van der Waals surface area contributed by atoms with E-state index in [1.54, 1.807) is 4.90 Å². The van der Waals surface area contributed by atoms with E-state index in [2.05, 4.69) is 12.1 Å². The van der Waals surface area contributed by atoms with Gasteiger partial charge in [-0.05, 0) is 24.0 Å². The SMILES string of the molecule is N[C@H]1CCCN(C(=O)OC2Cc3ccccc3C2)C1. The molecule has 1 aliphatic heterocycles. The van der Waals surface area contributed by atoms with Crippen LogP contribution in [0.4, 0.5) is 4.79 Å². The van der Waals surface area contributed by atoms with Crippen LogP contribution in [-0.4, -0.2) is 36.2 Å². The van der Waals surface area contributed by atoms with Crippen LogP contribution in [0.15, 0.2) is 24.3 Å². The lowest BCUT2D eigenvalue weighted by Crippen LogP contribution is -2.46. The van der Waals surface area contributed by atoms with Crippen molar-refractivity contribution in [1.29, 1.82) is 0 Å². The van der Waals surface area contributed by atoms with Crippen LogP contribution in [0.1, 0.15) is 24.0 Å². The van der Waals surface area contributed by atoms with Gasteiger partial charge in [0, 0.05) is 32.0 Å². The van der Waals surface area contributed by atoms with Gasteiger partial charge < -0.3 is 15.4 Å². The number of nitrogens with zero attached hydrogens (tertiary/aromatic N) is 1. The average Bonchev–Trinajstić information content (AvgIpc) is 2.80. The first-order valence-electron chi connectivity index (χ1n) is 7.00. The predicted molar refractivity (Wildman–Crippen MR) is 72.9 cm³/mol. The van der Waals surface area contributed by atoms with Gasteiger partial charge >= 0.3 is 6.09 Å². The molecule has 3 rings (SSSR count). The summed E-state index contributed by atoms with van der Waals surface area (Å²) in [5, 5.41) is 0. The van der Waals surface area contributed by atoms with Crippen molar-refractivity contribution in [3.63, 3.8) is 0 Å². The molecule has 1 heterocycles. The lowest BCUT2D eigenvalue weighted by atomic mass is 10.1. The normalized spacial score (nSPS) is 23.2. The fourth-order valence-electron chi connectivity index (χ4n) is 2.99. The summed E-state index contributed by atoms with van der Waals surface area (Å²) in [6.45, 7) is 1.39. The molecule has 1 atom stereocenters. The molecular formula is C15H20N2O2. The van der Waals surface area contributed by atoms with Crippen LogP contribution in [0.3, 0.4) is 0 Å². The highest BCUT2D eigenvalue weighted by Crippen LogP contribution is 2.24. The minimum absolute atomic E-state index is 0.0111. The van der Waals surface area contributed by atoms with Crippen LogP contribution < -0.4 is 5.73 Å². The van der Waals surface area contributed by atoms with Crippen LogP contribution in [-0.2, 0) is 17.6 Å². The molecule has 19 heavy (non-hydrogen) atoms. The lowest BCUT2D eigenvalue weighted by molar-refractivity contribution is 0.0592. The summed E-state index contributed by atoms with van der Waals surface area (Å²) >= 11 is 0. The number of benzene rings is 1. The molecule has 0 bridgehead atoms. The maximum absolute atomic E-state index is 12.1. The number of ether oxygens (including phenoxy) is 1. The van der Waals surface area contributed by atoms with Crippen molar-refractivity contribution >= 4 is 6.09 Å². The highest BCUT2D eigenvalue weighted by atomic mass is 16.6. The molecule has 0 unspecified atom stereocenters. The van der Waals surface area contributed by atoms with E-state index in [1.165, 1.54) is 11.1 Å². The third kappa shape index (κ3) is 2.73. The van der Waals surface area contributed by atoms with E-state index in [0.717, 1.165) is 32.2 Å². The van der Waals surface area contributed by atoms with Gasteiger partial charge in [-0.1, -0.05) is 24.3 Å². The fourth-order valence-corrected chi connectivity index (χ4v) is 2.99. The van der Waals surface area contributed by atoms with E-state index in [-0.39, 0.29) is 18.2 Å². The number of carbonyl (C=O) groups is 1. The summed E-state index contributed by atoms with van der Waals surface area (Å²) in [7, 11) is 0. The molecule has 4 nitrogen and oxygen atoms in total. The van der Waals surface area contributed by atoms with Gasteiger partial charge in [-0.3, -0.25) is 0 Å².